The van der Waals surface area contributed by atoms with Crippen LogP contribution in [-0.4, -0.2) is 60.7 Å². The molecule has 0 spiro atoms. The van der Waals surface area contributed by atoms with Crippen molar-refractivity contribution in [2.24, 2.45) is 0 Å². The van der Waals surface area contributed by atoms with Gasteiger partial charge in [0.15, 0.2) is 0 Å². The highest BCUT2D eigenvalue weighted by molar-refractivity contribution is 7.89. The lowest BCUT2D eigenvalue weighted by atomic mass is 9.94. The van der Waals surface area contributed by atoms with Crippen LogP contribution in [0.1, 0.15) is 35.3 Å². The molecule has 0 heterocycles. The molecule has 10 heteroatoms. The molecule has 1 atom stereocenters. The number of β-amino-alcohol motifs (C(OH)–C–C–N with tert-alkyl or cyclic N) is 1. The van der Waals surface area contributed by atoms with Gasteiger partial charge in [0, 0.05) is 25.7 Å². The summed E-state index contributed by atoms with van der Waals surface area (Å²) < 4.78 is 41.4. The zero-order chi connectivity index (χ0) is 28.3. The van der Waals surface area contributed by atoms with E-state index in [1.807, 2.05) is 19.9 Å². The number of nitrogens with zero attached hydrogens (tertiary/aromatic N) is 1. The Kier molecular flexibility index (Phi) is 9.33. The van der Waals surface area contributed by atoms with Crippen LogP contribution in [0.2, 0.25) is 5.02 Å². The van der Waals surface area contributed by atoms with Crippen LogP contribution in [0.25, 0.3) is 11.1 Å². The maximum absolute atomic E-state index is 13.9. The van der Waals surface area contributed by atoms with Gasteiger partial charge < -0.3 is 15.5 Å². The van der Waals surface area contributed by atoms with Gasteiger partial charge in [-0.15, -0.1) is 0 Å². The third kappa shape index (κ3) is 7.39. The summed E-state index contributed by atoms with van der Waals surface area (Å²) in [5, 5.41) is 23.0. The quantitative estimate of drug-likeness (QED) is 0.311. The molecule has 7 nitrogen and oxygen atoms in total. The lowest BCUT2D eigenvalue weighted by molar-refractivity contribution is 0.0697. The summed E-state index contributed by atoms with van der Waals surface area (Å²) in [5.41, 5.74) is 2.00. The molecule has 0 aliphatic carbocycles. The van der Waals surface area contributed by atoms with Crippen molar-refractivity contribution in [2.45, 2.75) is 43.7 Å². The number of hydrogen-bond donors (Lipinski definition) is 3. The van der Waals surface area contributed by atoms with E-state index in [9.17, 15) is 27.8 Å². The standard InChI is InChI=1S/C28H32ClFN2O5S/c1-18-8-9-19(12-26(18)30)15-28(2,3)31-16-22(33)17-32(4)38(36,37)23-7-5-6-20(13-23)21-10-11-24(27(34)35)25(29)14-21/h5-14,22,31,33H,15-17H2,1-4H3,(H,34,35). The Bertz CT molecular complexity index is 1430. The Morgan fingerprint density at radius 2 is 1.79 bits per heavy atom. The zero-order valence-corrected chi connectivity index (χ0v) is 23.3. The van der Waals surface area contributed by atoms with Crippen molar-refractivity contribution < 1.29 is 27.8 Å². The van der Waals surface area contributed by atoms with Crippen LogP contribution < -0.4 is 5.32 Å². The molecule has 0 amide bonds. The number of carbonyl (C=O) groups is 1. The van der Waals surface area contributed by atoms with E-state index in [0.29, 0.717) is 23.1 Å². The lowest BCUT2D eigenvalue weighted by Crippen LogP contribution is -2.47. The first-order valence-corrected chi connectivity index (χ1v) is 13.8. The van der Waals surface area contributed by atoms with Crippen molar-refractivity contribution in [3.63, 3.8) is 0 Å². The topological polar surface area (TPSA) is 107 Å². The van der Waals surface area contributed by atoms with Gasteiger partial charge in [0.25, 0.3) is 0 Å². The van der Waals surface area contributed by atoms with E-state index < -0.39 is 27.6 Å². The highest BCUT2D eigenvalue weighted by atomic mass is 35.5. The van der Waals surface area contributed by atoms with E-state index in [2.05, 4.69) is 5.32 Å². The van der Waals surface area contributed by atoms with Gasteiger partial charge in [-0.05, 0) is 79.8 Å². The minimum atomic E-state index is -3.93. The molecule has 0 aliphatic heterocycles. The number of sulfonamides is 1. The summed E-state index contributed by atoms with van der Waals surface area (Å²) in [7, 11) is -2.54. The van der Waals surface area contributed by atoms with Gasteiger partial charge in [-0.2, -0.15) is 4.31 Å². The largest absolute Gasteiger partial charge is 0.478 e. The fraction of sp³-hybridized carbons (Fsp3) is 0.321. The van der Waals surface area contributed by atoms with E-state index in [1.165, 1.54) is 37.4 Å². The number of rotatable bonds is 11. The van der Waals surface area contributed by atoms with E-state index in [4.69, 9.17) is 11.6 Å². The van der Waals surface area contributed by atoms with Gasteiger partial charge in [0.1, 0.15) is 5.82 Å². The number of nitrogens with one attached hydrogen (secondary N) is 1. The average Bonchev–Trinajstić information content (AvgIpc) is 2.84. The number of aliphatic hydroxyl groups excluding tert-OH is 1. The summed E-state index contributed by atoms with van der Waals surface area (Å²) in [4.78, 5) is 11.2. The van der Waals surface area contributed by atoms with E-state index in [0.717, 1.165) is 9.87 Å². The van der Waals surface area contributed by atoms with Crippen molar-refractivity contribution in [2.75, 3.05) is 20.1 Å². The number of aliphatic hydroxyl groups is 1. The van der Waals surface area contributed by atoms with Crippen molar-refractivity contribution in [1.82, 2.24) is 9.62 Å². The van der Waals surface area contributed by atoms with E-state index in [1.54, 1.807) is 31.2 Å². The Balaban J connectivity index is 1.66. The molecule has 0 radical (unpaired) electrons. The summed E-state index contributed by atoms with van der Waals surface area (Å²) in [6, 6.07) is 15.7. The third-order valence-electron chi connectivity index (χ3n) is 6.24. The minimum absolute atomic E-state index is 0.0258. The van der Waals surface area contributed by atoms with Crippen molar-refractivity contribution in [3.05, 3.63) is 88.2 Å². The average molecular weight is 563 g/mol. The van der Waals surface area contributed by atoms with E-state index in [-0.39, 0.29) is 34.4 Å². The normalized spacial score (nSPS) is 13.1. The molecule has 204 valence electrons. The molecule has 0 bridgehead atoms. The predicted octanol–water partition coefficient (Wildman–Crippen LogP) is 4.75. The fourth-order valence-corrected chi connectivity index (χ4v) is 5.57. The zero-order valence-electron chi connectivity index (χ0n) is 21.7. The fourth-order valence-electron chi connectivity index (χ4n) is 4.06. The molecule has 3 aromatic rings. The number of hydrogen-bond acceptors (Lipinski definition) is 5. The van der Waals surface area contributed by atoms with Crippen molar-refractivity contribution in [1.29, 1.82) is 0 Å². The van der Waals surface area contributed by atoms with Gasteiger partial charge in [-0.25, -0.2) is 17.6 Å². The first-order chi connectivity index (χ1) is 17.7. The van der Waals surface area contributed by atoms with Gasteiger partial charge in [-0.1, -0.05) is 41.9 Å². The Morgan fingerprint density at radius 1 is 1.11 bits per heavy atom. The smallest absolute Gasteiger partial charge is 0.337 e. The number of carboxylic acids is 1. The van der Waals surface area contributed by atoms with Gasteiger partial charge >= 0.3 is 5.97 Å². The first kappa shape index (κ1) is 29.7. The molecule has 1 unspecified atom stereocenters. The van der Waals surface area contributed by atoms with Gasteiger partial charge in [0.05, 0.1) is 21.6 Å². The molecule has 38 heavy (non-hydrogen) atoms. The van der Waals surface area contributed by atoms with Crippen molar-refractivity contribution >= 4 is 27.6 Å². The van der Waals surface area contributed by atoms with Crippen LogP contribution in [0.4, 0.5) is 4.39 Å². The second-order valence-electron chi connectivity index (χ2n) is 9.99. The van der Waals surface area contributed by atoms with Crippen LogP contribution in [0.3, 0.4) is 0 Å². The van der Waals surface area contributed by atoms with Crippen molar-refractivity contribution in [3.8, 4) is 11.1 Å². The van der Waals surface area contributed by atoms with Crippen LogP contribution in [0.15, 0.2) is 65.6 Å². The van der Waals surface area contributed by atoms with Crippen LogP contribution in [0, 0.1) is 12.7 Å². The van der Waals surface area contributed by atoms with Crippen LogP contribution >= 0.6 is 11.6 Å². The molecule has 0 aromatic heterocycles. The second-order valence-corrected chi connectivity index (χ2v) is 12.4. The van der Waals surface area contributed by atoms with Crippen LogP contribution in [-0.2, 0) is 16.4 Å². The lowest BCUT2D eigenvalue weighted by Gasteiger charge is -2.29. The predicted molar refractivity (Wildman–Crippen MR) is 147 cm³/mol. The van der Waals surface area contributed by atoms with Gasteiger partial charge in [-0.3, -0.25) is 0 Å². The molecule has 3 N–H and O–H groups in total. The first-order valence-electron chi connectivity index (χ1n) is 12.0. The Hall–Kier alpha value is -2.82. The number of aryl methyl sites for hydroxylation is 1. The monoisotopic (exact) mass is 562 g/mol. The molecule has 3 aromatic carbocycles. The number of aromatic carboxylic acids is 1. The molecule has 3 rings (SSSR count). The molecule has 0 saturated carbocycles. The molecule has 0 aliphatic rings. The highest BCUT2D eigenvalue weighted by Crippen LogP contribution is 2.28. The summed E-state index contributed by atoms with van der Waals surface area (Å²) in [6.45, 7) is 5.55. The molecule has 0 fully saturated rings. The molecular weight excluding hydrogens is 531 g/mol. The Labute approximate surface area is 227 Å². The summed E-state index contributed by atoms with van der Waals surface area (Å²) in [5.74, 6) is -1.42. The maximum atomic E-state index is 13.9. The molecule has 0 saturated heterocycles. The minimum Gasteiger partial charge on any atom is -0.478 e. The van der Waals surface area contributed by atoms with Crippen LogP contribution in [0.5, 0.6) is 0 Å². The second kappa shape index (κ2) is 11.9. The number of halogens is 2. The maximum Gasteiger partial charge on any atom is 0.337 e. The third-order valence-corrected chi connectivity index (χ3v) is 8.37. The SMILES string of the molecule is Cc1ccc(CC(C)(C)NCC(O)CN(C)S(=O)(=O)c2cccc(-c3ccc(C(=O)O)c(Cl)c3)c2)cc1F. The Morgan fingerprint density at radius 3 is 2.42 bits per heavy atom. The summed E-state index contributed by atoms with van der Waals surface area (Å²) in [6.07, 6.45) is -0.468. The van der Waals surface area contributed by atoms with E-state index >= 15 is 0 Å². The highest BCUT2D eigenvalue weighted by Gasteiger charge is 2.25. The summed E-state index contributed by atoms with van der Waals surface area (Å²) >= 11 is 6.07. The number of likely N-dealkylation sites (N-methyl/N-ethyl adjacent to an activating group) is 1. The molecular formula is C28H32ClFN2O5S. The van der Waals surface area contributed by atoms with Gasteiger partial charge in [0.2, 0.25) is 10.0 Å². The number of carboxylic acid groups (broad SMARTS) is 1. The number of benzene rings is 3.